The molecule has 0 saturated heterocycles. The molecule has 2 N–H and O–H groups in total. The Labute approximate surface area is 131 Å². The number of rotatable bonds is 8. The second kappa shape index (κ2) is 7.93. The molecule has 0 radical (unpaired) electrons. The van der Waals surface area contributed by atoms with Gasteiger partial charge in [0.15, 0.2) is 0 Å². The van der Waals surface area contributed by atoms with Gasteiger partial charge in [0.1, 0.15) is 0 Å². The van der Waals surface area contributed by atoms with E-state index in [0.717, 1.165) is 38.0 Å². The Morgan fingerprint density at radius 3 is 2.19 bits per heavy atom. The van der Waals surface area contributed by atoms with Crippen molar-refractivity contribution in [2.24, 2.45) is 17.6 Å². The normalized spacial score (nSPS) is 27.5. The largest absolute Gasteiger partial charge is 0.329 e. The molecule has 126 valence electrons. The first kappa shape index (κ1) is 18.9. The third kappa shape index (κ3) is 4.67. The molecule has 1 aliphatic rings. The van der Waals surface area contributed by atoms with Crippen LogP contribution in [-0.2, 0) is 10.0 Å². The third-order valence-corrected chi connectivity index (χ3v) is 7.17. The van der Waals surface area contributed by atoms with Gasteiger partial charge in [0.05, 0.1) is 5.75 Å². The van der Waals surface area contributed by atoms with Crippen LogP contribution in [0.3, 0.4) is 0 Å². The summed E-state index contributed by atoms with van der Waals surface area (Å²) in [6.45, 7) is 9.27. The van der Waals surface area contributed by atoms with Crippen molar-refractivity contribution in [2.75, 3.05) is 18.8 Å². The third-order valence-electron chi connectivity index (χ3n) is 5.10. The average molecular weight is 319 g/mol. The molecule has 0 unspecified atom stereocenters. The van der Waals surface area contributed by atoms with Crippen LogP contribution in [0.15, 0.2) is 0 Å². The number of sulfonamides is 1. The molecule has 0 aliphatic heterocycles. The van der Waals surface area contributed by atoms with Crippen LogP contribution in [-0.4, -0.2) is 37.1 Å². The van der Waals surface area contributed by atoms with Gasteiger partial charge < -0.3 is 5.73 Å². The monoisotopic (exact) mass is 318 g/mol. The molecular weight excluding hydrogens is 284 g/mol. The second-order valence-electron chi connectivity index (χ2n) is 6.94. The van der Waals surface area contributed by atoms with Gasteiger partial charge in [0.2, 0.25) is 10.0 Å². The molecule has 0 aromatic carbocycles. The highest BCUT2D eigenvalue weighted by Gasteiger charge is 2.43. The van der Waals surface area contributed by atoms with Gasteiger partial charge in [-0.2, -0.15) is 4.31 Å². The smallest absolute Gasteiger partial charge is 0.214 e. The summed E-state index contributed by atoms with van der Waals surface area (Å²) in [6, 6.07) is 0. The molecule has 0 aromatic heterocycles. The summed E-state index contributed by atoms with van der Waals surface area (Å²) in [6.07, 6.45) is 5.94. The number of hydrogen-bond donors (Lipinski definition) is 1. The van der Waals surface area contributed by atoms with Crippen LogP contribution in [0.2, 0.25) is 0 Å². The van der Waals surface area contributed by atoms with Gasteiger partial charge in [-0.25, -0.2) is 8.42 Å². The summed E-state index contributed by atoms with van der Waals surface area (Å²) in [5, 5.41) is 0. The van der Waals surface area contributed by atoms with Gasteiger partial charge in [0, 0.05) is 18.6 Å². The van der Waals surface area contributed by atoms with Gasteiger partial charge in [-0.3, -0.25) is 0 Å². The van der Waals surface area contributed by atoms with E-state index in [2.05, 4.69) is 20.8 Å². The van der Waals surface area contributed by atoms with E-state index in [1.165, 1.54) is 6.42 Å². The molecule has 4 nitrogen and oxygen atoms in total. The molecule has 0 aromatic rings. The summed E-state index contributed by atoms with van der Waals surface area (Å²) < 4.78 is 27.2. The van der Waals surface area contributed by atoms with Crippen LogP contribution in [0, 0.1) is 11.8 Å². The van der Waals surface area contributed by atoms with Crippen molar-refractivity contribution in [3.8, 4) is 0 Å². The van der Waals surface area contributed by atoms with Crippen LogP contribution in [0.1, 0.15) is 66.2 Å². The van der Waals surface area contributed by atoms with Crippen molar-refractivity contribution < 1.29 is 8.42 Å². The summed E-state index contributed by atoms with van der Waals surface area (Å²) in [5.74, 6) is 1.39. The first-order valence-electron chi connectivity index (χ1n) is 8.52. The Morgan fingerprint density at radius 2 is 1.81 bits per heavy atom. The molecule has 21 heavy (non-hydrogen) atoms. The van der Waals surface area contributed by atoms with Gasteiger partial charge >= 0.3 is 0 Å². The van der Waals surface area contributed by atoms with Crippen molar-refractivity contribution in [2.45, 2.75) is 71.8 Å². The fourth-order valence-corrected chi connectivity index (χ4v) is 5.73. The molecular formula is C16H34N2O2S. The van der Waals surface area contributed by atoms with Gasteiger partial charge in [0.25, 0.3) is 0 Å². The number of nitrogens with two attached hydrogens (primary N) is 1. The first-order valence-corrected chi connectivity index (χ1v) is 10.1. The molecule has 1 rings (SSSR count). The quantitative estimate of drug-likeness (QED) is 0.748. The van der Waals surface area contributed by atoms with E-state index < -0.39 is 10.0 Å². The standard InChI is InChI=1S/C16H34N2O2S/c1-5-15-7-10-16(13-17,11-8-15)18(6-2)21(19,20)12-9-14(3)4/h14-15H,5-13,17H2,1-4H3. The highest BCUT2D eigenvalue weighted by molar-refractivity contribution is 7.89. The maximum atomic E-state index is 12.8. The average Bonchev–Trinajstić information content (AvgIpc) is 2.46. The lowest BCUT2D eigenvalue weighted by molar-refractivity contribution is 0.114. The zero-order chi connectivity index (χ0) is 16.1. The van der Waals surface area contributed by atoms with E-state index >= 15 is 0 Å². The summed E-state index contributed by atoms with van der Waals surface area (Å²) in [7, 11) is -3.21. The van der Waals surface area contributed by atoms with Crippen molar-refractivity contribution in [3.05, 3.63) is 0 Å². The number of likely N-dealkylation sites (N-methyl/N-ethyl adjacent to an activating group) is 1. The number of nitrogens with zero attached hydrogens (tertiary/aromatic N) is 1. The molecule has 0 atom stereocenters. The van der Waals surface area contributed by atoms with Crippen molar-refractivity contribution in [3.63, 3.8) is 0 Å². The Morgan fingerprint density at radius 1 is 1.24 bits per heavy atom. The van der Waals surface area contributed by atoms with Crippen molar-refractivity contribution >= 4 is 10.0 Å². The Kier molecular flexibility index (Phi) is 7.14. The van der Waals surface area contributed by atoms with Crippen LogP contribution in [0.25, 0.3) is 0 Å². The van der Waals surface area contributed by atoms with Gasteiger partial charge in [-0.1, -0.05) is 34.1 Å². The summed E-state index contributed by atoms with van der Waals surface area (Å²) in [5.41, 5.74) is 5.71. The fourth-order valence-electron chi connectivity index (χ4n) is 3.50. The lowest BCUT2D eigenvalue weighted by Crippen LogP contribution is -2.58. The molecule has 1 saturated carbocycles. The van der Waals surface area contributed by atoms with E-state index in [-0.39, 0.29) is 11.3 Å². The van der Waals surface area contributed by atoms with Crippen molar-refractivity contribution in [1.82, 2.24) is 4.31 Å². The highest BCUT2D eigenvalue weighted by Crippen LogP contribution is 2.38. The SMILES string of the molecule is CCC1CCC(CN)(N(CC)S(=O)(=O)CCC(C)C)CC1. The maximum Gasteiger partial charge on any atom is 0.214 e. The minimum atomic E-state index is -3.21. The number of hydrogen-bond acceptors (Lipinski definition) is 3. The Bertz CT molecular complexity index is 399. The van der Waals surface area contributed by atoms with Crippen molar-refractivity contribution in [1.29, 1.82) is 0 Å². The van der Waals surface area contributed by atoms with Crippen LogP contribution in [0.4, 0.5) is 0 Å². The minimum absolute atomic E-state index is 0.247. The molecule has 1 fully saturated rings. The van der Waals surface area contributed by atoms with E-state index in [9.17, 15) is 8.42 Å². The van der Waals surface area contributed by atoms with Crippen LogP contribution >= 0.6 is 0 Å². The molecule has 0 amide bonds. The minimum Gasteiger partial charge on any atom is -0.329 e. The van der Waals surface area contributed by atoms with Gasteiger partial charge in [-0.15, -0.1) is 0 Å². The summed E-state index contributed by atoms with van der Waals surface area (Å²) >= 11 is 0. The lowest BCUT2D eigenvalue weighted by Gasteiger charge is -2.46. The fraction of sp³-hybridized carbons (Fsp3) is 1.00. The van der Waals surface area contributed by atoms with Gasteiger partial charge in [-0.05, 0) is 43.9 Å². The van der Waals surface area contributed by atoms with Crippen LogP contribution in [0.5, 0.6) is 0 Å². The predicted molar refractivity (Wildman–Crippen MR) is 89.7 cm³/mol. The van der Waals surface area contributed by atoms with E-state index in [1.54, 1.807) is 4.31 Å². The highest BCUT2D eigenvalue weighted by atomic mass is 32.2. The van der Waals surface area contributed by atoms with E-state index in [0.29, 0.717) is 19.0 Å². The zero-order valence-electron chi connectivity index (χ0n) is 14.3. The molecule has 1 aliphatic carbocycles. The Balaban J connectivity index is 2.90. The first-order chi connectivity index (χ1) is 9.81. The topological polar surface area (TPSA) is 63.4 Å². The molecule has 0 bridgehead atoms. The zero-order valence-corrected chi connectivity index (χ0v) is 15.1. The lowest BCUT2D eigenvalue weighted by atomic mass is 9.75. The summed E-state index contributed by atoms with van der Waals surface area (Å²) in [4.78, 5) is 0. The maximum absolute atomic E-state index is 12.8. The predicted octanol–water partition coefficient (Wildman–Crippen LogP) is 2.98. The van der Waals surface area contributed by atoms with E-state index in [1.807, 2.05) is 6.92 Å². The van der Waals surface area contributed by atoms with Crippen LogP contribution < -0.4 is 5.73 Å². The molecule has 5 heteroatoms. The van der Waals surface area contributed by atoms with E-state index in [4.69, 9.17) is 5.73 Å². The molecule has 0 spiro atoms. The molecule has 0 heterocycles. The Hall–Kier alpha value is -0.130. The second-order valence-corrected chi connectivity index (χ2v) is 8.96.